The number of halogens is 1. The van der Waals surface area contributed by atoms with E-state index in [-0.39, 0.29) is 5.91 Å². The summed E-state index contributed by atoms with van der Waals surface area (Å²) in [5.74, 6) is 0.691. The molecule has 1 aromatic carbocycles. The number of benzene rings is 1. The average Bonchev–Trinajstić information content (AvgIpc) is 2.76. The molecule has 1 atom stereocenters. The molecular weight excluding hydrogens is 248 g/mol. The number of nitrogens with zero attached hydrogens (tertiary/aromatic N) is 1. The molecule has 1 saturated heterocycles. The van der Waals surface area contributed by atoms with Crippen molar-refractivity contribution in [1.82, 2.24) is 10.2 Å². The van der Waals surface area contributed by atoms with Gasteiger partial charge in [0.2, 0.25) is 5.91 Å². The molecule has 0 aliphatic carbocycles. The van der Waals surface area contributed by atoms with Crippen molar-refractivity contribution in [2.75, 3.05) is 26.7 Å². The van der Waals surface area contributed by atoms with Gasteiger partial charge in [0.1, 0.15) is 0 Å². The third-order valence-electron chi connectivity index (χ3n) is 3.35. The quantitative estimate of drug-likeness (QED) is 0.904. The largest absolute Gasteiger partial charge is 0.355 e. The van der Waals surface area contributed by atoms with Crippen molar-refractivity contribution in [3.63, 3.8) is 0 Å². The van der Waals surface area contributed by atoms with Crippen molar-refractivity contribution < 1.29 is 4.79 Å². The Morgan fingerprint density at radius 2 is 2.17 bits per heavy atom. The van der Waals surface area contributed by atoms with Gasteiger partial charge in [-0.25, -0.2) is 0 Å². The summed E-state index contributed by atoms with van der Waals surface area (Å²) in [5, 5.41) is 3.71. The van der Waals surface area contributed by atoms with Crippen molar-refractivity contribution in [2.45, 2.75) is 12.8 Å². The molecule has 0 aromatic heterocycles. The summed E-state index contributed by atoms with van der Waals surface area (Å²) in [4.78, 5) is 14.1. The number of likely N-dealkylation sites (tertiary alicyclic amines) is 1. The number of amides is 1. The van der Waals surface area contributed by atoms with Crippen LogP contribution in [0.25, 0.3) is 0 Å². The summed E-state index contributed by atoms with van der Waals surface area (Å²) in [7, 11) is 2.12. The Hall–Kier alpha value is -1.06. The van der Waals surface area contributed by atoms with E-state index in [1.165, 1.54) is 6.42 Å². The van der Waals surface area contributed by atoms with Crippen LogP contribution in [0.1, 0.15) is 12.0 Å². The van der Waals surface area contributed by atoms with Crippen LogP contribution in [0.15, 0.2) is 24.3 Å². The molecule has 1 fully saturated rings. The molecule has 0 saturated carbocycles. The highest BCUT2D eigenvalue weighted by atomic mass is 35.5. The standard InChI is InChI=1S/C14H19ClN2O/c1-17-7-6-12(10-17)9-16-14(18)8-11-2-4-13(15)5-3-11/h2-5,12H,6-10H2,1H3,(H,16,18). The molecule has 1 unspecified atom stereocenters. The van der Waals surface area contributed by atoms with Crippen molar-refractivity contribution >= 4 is 17.5 Å². The van der Waals surface area contributed by atoms with Gasteiger partial charge in [-0.05, 0) is 43.6 Å². The zero-order chi connectivity index (χ0) is 13.0. The van der Waals surface area contributed by atoms with E-state index in [1.54, 1.807) is 0 Å². The molecule has 1 aromatic rings. The highest BCUT2D eigenvalue weighted by molar-refractivity contribution is 6.30. The third-order valence-corrected chi connectivity index (χ3v) is 3.61. The van der Waals surface area contributed by atoms with E-state index in [0.717, 1.165) is 25.2 Å². The maximum atomic E-state index is 11.8. The Balaban J connectivity index is 1.73. The van der Waals surface area contributed by atoms with Crippen LogP contribution in [0.4, 0.5) is 0 Å². The molecule has 1 aliphatic rings. The van der Waals surface area contributed by atoms with Gasteiger partial charge in [-0.15, -0.1) is 0 Å². The summed E-state index contributed by atoms with van der Waals surface area (Å²) in [6.45, 7) is 3.01. The van der Waals surface area contributed by atoms with Crippen molar-refractivity contribution in [3.8, 4) is 0 Å². The number of rotatable bonds is 4. The van der Waals surface area contributed by atoms with Gasteiger partial charge in [0.05, 0.1) is 6.42 Å². The summed E-state index contributed by atoms with van der Waals surface area (Å²) in [5.41, 5.74) is 1.00. The number of hydrogen-bond donors (Lipinski definition) is 1. The van der Waals surface area contributed by atoms with E-state index in [0.29, 0.717) is 17.4 Å². The van der Waals surface area contributed by atoms with E-state index < -0.39 is 0 Å². The summed E-state index contributed by atoms with van der Waals surface area (Å²) < 4.78 is 0. The Morgan fingerprint density at radius 3 is 2.78 bits per heavy atom. The van der Waals surface area contributed by atoms with E-state index >= 15 is 0 Å². The van der Waals surface area contributed by atoms with E-state index in [1.807, 2.05) is 24.3 Å². The van der Waals surface area contributed by atoms with Crippen LogP contribution in [-0.2, 0) is 11.2 Å². The van der Waals surface area contributed by atoms with Gasteiger partial charge < -0.3 is 10.2 Å². The monoisotopic (exact) mass is 266 g/mol. The lowest BCUT2D eigenvalue weighted by molar-refractivity contribution is -0.120. The fourth-order valence-corrected chi connectivity index (χ4v) is 2.43. The molecule has 0 radical (unpaired) electrons. The Morgan fingerprint density at radius 1 is 1.44 bits per heavy atom. The predicted octanol–water partition coefficient (Wildman–Crippen LogP) is 1.95. The fourth-order valence-electron chi connectivity index (χ4n) is 2.30. The lowest BCUT2D eigenvalue weighted by Crippen LogP contribution is -2.31. The Labute approximate surface area is 113 Å². The number of hydrogen-bond acceptors (Lipinski definition) is 2. The smallest absolute Gasteiger partial charge is 0.224 e. The molecule has 1 heterocycles. The minimum atomic E-state index is 0.0897. The zero-order valence-electron chi connectivity index (χ0n) is 10.7. The average molecular weight is 267 g/mol. The highest BCUT2D eigenvalue weighted by Crippen LogP contribution is 2.13. The van der Waals surface area contributed by atoms with Gasteiger partial charge in [-0.3, -0.25) is 4.79 Å². The summed E-state index contributed by atoms with van der Waals surface area (Å²) >= 11 is 5.80. The molecule has 1 N–H and O–H groups in total. The molecular formula is C14H19ClN2O. The van der Waals surface area contributed by atoms with Gasteiger partial charge in [-0.2, -0.15) is 0 Å². The first kappa shape index (κ1) is 13.4. The molecule has 98 valence electrons. The van der Waals surface area contributed by atoms with Crippen molar-refractivity contribution in [1.29, 1.82) is 0 Å². The first-order valence-corrected chi connectivity index (χ1v) is 6.71. The van der Waals surface area contributed by atoms with Gasteiger partial charge in [0.15, 0.2) is 0 Å². The topological polar surface area (TPSA) is 32.3 Å². The molecule has 3 nitrogen and oxygen atoms in total. The van der Waals surface area contributed by atoms with Crippen LogP contribution in [0.2, 0.25) is 5.02 Å². The van der Waals surface area contributed by atoms with Crippen LogP contribution in [0.5, 0.6) is 0 Å². The van der Waals surface area contributed by atoms with Crippen LogP contribution < -0.4 is 5.32 Å². The van der Waals surface area contributed by atoms with Crippen LogP contribution in [-0.4, -0.2) is 37.5 Å². The summed E-state index contributed by atoms with van der Waals surface area (Å²) in [6, 6.07) is 7.42. The number of carbonyl (C=O) groups excluding carboxylic acids is 1. The number of nitrogens with one attached hydrogen (secondary N) is 1. The molecule has 1 aliphatic heterocycles. The van der Waals surface area contributed by atoms with Gasteiger partial charge in [0.25, 0.3) is 0 Å². The van der Waals surface area contributed by atoms with E-state index in [9.17, 15) is 4.79 Å². The second-order valence-electron chi connectivity index (χ2n) is 5.02. The first-order chi connectivity index (χ1) is 8.63. The minimum Gasteiger partial charge on any atom is -0.355 e. The lowest BCUT2D eigenvalue weighted by atomic mass is 10.1. The predicted molar refractivity (Wildman–Crippen MR) is 73.8 cm³/mol. The lowest BCUT2D eigenvalue weighted by Gasteiger charge is -2.11. The zero-order valence-corrected chi connectivity index (χ0v) is 11.4. The molecule has 4 heteroatoms. The van der Waals surface area contributed by atoms with Gasteiger partial charge >= 0.3 is 0 Å². The van der Waals surface area contributed by atoms with Crippen LogP contribution >= 0.6 is 11.6 Å². The van der Waals surface area contributed by atoms with Crippen LogP contribution in [0.3, 0.4) is 0 Å². The van der Waals surface area contributed by atoms with Gasteiger partial charge in [-0.1, -0.05) is 23.7 Å². The Bertz CT molecular complexity index is 405. The van der Waals surface area contributed by atoms with Crippen molar-refractivity contribution in [2.24, 2.45) is 5.92 Å². The second-order valence-corrected chi connectivity index (χ2v) is 5.46. The van der Waals surface area contributed by atoms with E-state index in [2.05, 4.69) is 17.3 Å². The van der Waals surface area contributed by atoms with Gasteiger partial charge in [0, 0.05) is 18.1 Å². The second kappa shape index (κ2) is 6.21. The maximum Gasteiger partial charge on any atom is 0.224 e. The summed E-state index contributed by atoms with van der Waals surface area (Å²) in [6.07, 6.45) is 1.61. The third kappa shape index (κ3) is 4.00. The first-order valence-electron chi connectivity index (χ1n) is 6.33. The highest BCUT2D eigenvalue weighted by Gasteiger charge is 2.19. The minimum absolute atomic E-state index is 0.0897. The molecule has 0 bridgehead atoms. The van der Waals surface area contributed by atoms with E-state index in [4.69, 9.17) is 11.6 Å². The number of carbonyl (C=O) groups is 1. The normalized spacial score (nSPS) is 20.0. The van der Waals surface area contributed by atoms with Crippen LogP contribution in [0, 0.1) is 5.92 Å². The molecule has 2 rings (SSSR count). The fraction of sp³-hybridized carbons (Fsp3) is 0.500. The molecule has 18 heavy (non-hydrogen) atoms. The SMILES string of the molecule is CN1CCC(CNC(=O)Cc2ccc(Cl)cc2)C1. The molecule has 0 spiro atoms. The van der Waals surface area contributed by atoms with Crippen molar-refractivity contribution in [3.05, 3.63) is 34.9 Å². The maximum absolute atomic E-state index is 11.8. The Kier molecular flexibility index (Phi) is 4.61. The molecule has 1 amide bonds.